The molecular formula is C15H17NO6. The minimum atomic E-state index is -0.809. The number of hydrogen-bond acceptors (Lipinski definition) is 7. The lowest BCUT2D eigenvalue weighted by Crippen LogP contribution is -2.33. The number of esters is 1. The van der Waals surface area contributed by atoms with Crippen LogP contribution >= 0.6 is 0 Å². The highest BCUT2D eigenvalue weighted by Gasteiger charge is 2.53. The average Bonchev–Trinajstić information content (AvgIpc) is 2.96. The van der Waals surface area contributed by atoms with Gasteiger partial charge in [0.2, 0.25) is 0 Å². The maximum atomic E-state index is 11.9. The second kappa shape index (κ2) is 5.68. The molecule has 0 aromatic heterocycles. The van der Waals surface area contributed by atoms with Gasteiger partial charge in [0.15, 0.2) is 18.2 Å². The van der Waals surface area contributed by atoms with Gasteiger partial charge in [-0.15, -0.1) is 0 Å². The van der Waals surface area contributed by atoms with Crippen LogP contribution in [-0.4, -0.2) is 47.8 Å². The van der Waals surface area contributed by atoms with Gasteiger partial charge in [0.05, 0.1) is 5.56 Å². The van der Waals surface area contributed by atoms with Crippen molar-refractivity contribution < 1.29 is 28.9 Å². The van der Waals surface area contributed by atoms with Gasteiger partial charge >= 0.3 is 5.97 Å². The highest BCUT2D eigenvalue weighted by atomic mass is 16.8. The number of carbonyl (C=O) groups is 1. The Bertz CT molecular complexity index is 585. The fourth-order valence-corrected chi connectivity index (χ4v) is 2.50. The van der Waals surface area contributed by atoms with Gasteiger partial charge in [0.25, 0.3) is 0 Å². The van der Waals surface area contributed by atoms with Crippen molar-refractivity contribution in [2.24, 2.45) is 5.16 Å². The van der Waals surface area contributed by atoms with Crippen molar-refractivity contribution >= 4 is 11.7 Å². The quantitative estimate of drug-likeness (QED) is 0.518. The lowest BCUT2D eigenvalue weighted by Gasteiger charge is -2.20. The summed E-state index contributed by atoms with van der Waals surface area (Å²) in [5.41, 5.74) is 0.702. The van der Waals surface area contributed by atoms with Crippen LogP contribution in [0.25, 0.3) is 0 Å². The van der Waals surface area contributed by atoms with E-state index in [0.717, 1.165) is 0 Å². The molecule has 2 heterocycles. The van der Waals surface area contributed by atoms with Gasteiger partial charge in [0, 0.05) is 0 Å². The van der Waals surface area contributed by atoms with E-state index in [1.165, 1.54) is 0 Å². The average molecular weight is 307 g/mol. The van der Waals surface area contributed by atoms with E-state index in [1.807, 2.05) is 6.07 Å². The molecule has 1 aromatic carbocycles. The SMILES string of the molecule is CC1(C)O[C@H]2O[C@H](COC(=O)c3ccccc3)/C(=N/O)[C@H]2O1. The molecule has 118 valence electrons. The maximum Gasteiger partial charge on any atom is 0.338 e. The summed E-state index contributed by atoms with van der Waals surface area (Å²) < 4.78 is 22.0. The fraction of sp³-hybridized carbons (Fsp3) is 0.467. The molecule has 2 aliphatic rings. The van der Waals surface area contributed by atoms with Crippen molar-refractivity contribution in [2.75, 3.05) is 6.61 Å². The standard InChI is InChI=1S/C15H17NO6/c1-15(2)21-12-11(16-18)10(20-14(12)22-15)8-19-13(17)9-6-4-3-5-7-9/h3-7,10,12,14,18H,8H2,1-2H3/b16-11-/t10-,12-,14-/m1/s1. The van der Waals surface area contributed by atoms with Crippen LogP contribution in [0.5, 0.6) is 0 Å². The topological polar surface area (TPSA) is 86.6 Å². The van der Waals surface area contributed by atoms with Crippen LogP contribution in [0.1, 0.15) is 24.2 Å². The Balaban J connectivity index is 1.62. The molecule has 1 N–H and O–H groups in total. The Morgan fingerprint density at radius 3 is 2.73 bits per heavy atom. The van der Waals surface area contributed by atoms with E-state index in [2.05, 4.69) is 5.16 Å². The van der Waals surface area contributed by atoms with E-state index in [1.54, 1.807) is 38.1 Å². The molecule has 3 atom stereocenters. The van der Waals surface area contributed by atoms with Gasteiger partial charge in [-0.2, -0.15) is 0 Å². The van der Waals surface area contributed by atoms with Crippen molar-refractivity contribution in [1.29, 1.82) is 0 Å². The molecule has 0 spiro atoms. The Labute approximate surface area is 127 Å². The smallest absolute Gasteiger partial charge is 0.338 e. The van der Waals surface area contributed by atoms with Crippen molar-refractivity contribution in [1.82, 2.24) is 0 Å². The number of hydrogen-bond donors (Lipinski definition) is 1. The third-order valence-corrected chi connectivity index (χ3v) is 3.47. The Hall–Kier alpha value is -1.96. The number of oxime groups is 1. The number of nitrogens with zero attached hydrogens (tertiary/aromatic N) is 1. The summed E-state index contributed by atoms with van der Waals surface area (Å²) in [6.45, 7) is 3.41. The van der Waals surface area contributed by atoms with E-state index in [9.17, 15) is 4.79 Å². The number of benzene rings is 1. The van der Waals surface area contributed by atoms with Crippen LogP contribution in [0.4, 0.5) is 0 Å². The van der Waals surface area contributed by atoms with Crippen molar-refractivity contribution in [2.45, 2.75) is 38.1 Å². The second-order valence-corrected chi connectivity index (χ2v) is 5.54. The molecule has 22 heavy (non-hydrogen) atoms. The van der Waals surface area contributed by atoms with Gasteiger partial charge in [-0.1, -0.05) is 23.4 Å². The predicted octanol–water partition coefficient (Wildman–Crippen LogP) is 1.55. The van der Waals surface area contributed by atoms with Crippen molar-refractivity contribution in [3.8, 4) is 0 Å². The van der Waals surface area contributed by atoms with Crippen molar-refractivity contribution in [3.05, 3.63) is 35.9 Å². The summed E-state index contributed by atoms with van der Waals surface area (Å²) >= 11 is 0. The Morgan fingerprint density at radius 1 is 1.32 bits per heavy atom. The molecule has 2 fully saturated rings. The Morgan fingerprint density at radius 2 is 2.05 bits per heavy atom. The fourth-order valence-electron chi connectivity index (χ4n) is 2.50. The molecule has 0 bridgehead atoms. The predicted molar refractivity (Wildman–Crippen MR) is 74.6 cm³/mol. The second-order valence-electron chi connectivity index (χ2n) is 5.54. The molecule has 0 amide bonds. The van der Waals surface area contributed by atoms with Crippen LogP contribution in [0.2, 0.25) is 0 Å². The molecular weight excluding hydrogens is 290 g/mol. The minimum Gasteiger partial charge on any atom is -0.459 e. The monoisotopic (exact) mass is 307 g/mol. The van der Waals surface area contributed by atoms with Gasteiger partial charge in [-0.25, -0.2) is 4.79 Å². The zero-order valence-electron chi connectivity index (χ0n) is 12.3. The molecule has 1 aromatic rings. The summed E-state index contributed by atoms with van der Waals surface area (Å²) in [7, 11) is 0. The molecule has 0 aliphatic carbocycles. The van der Waals surface area contributed by atoms with E-state index in [4.69, 9.17) is 24.2 Å². The van der Waals surface area contributed by atoms with Crippen LogP contribution in [-0.2, 0) is 18.9 Å². The zero-order valence-corrected chi connectivity index (χ0v) is 12.3. The van der Waals surface area contributed by atoms with Gasteiger partial charge in [0.1, 0.15) is 18.4 Å². The first-order valence-electron chi connectivity index (χ1n) is 6.95. The molecule has 7 heteroatoms. The Kier molecular flexibility index (Phi) is 3.86. The molecule has 2 aliphatic heterocycles. The number of fused-ring (bicyclic) bond motifs is 1. The summed E-state index contributed by atoms with van der Waals surface area (Å²) in [4.78, 5) is 11.9. The highest BCUT2D eigenvalue weighted by Crippen LogP contribution is 2.35. The molecule has 0 radical (unpaired) electrons. The molecule has 0 saturated carbocycles. The molecule has 3 rings (SSSR count). The van der Waals surface area contributed by atoms with E-state index in [-0.39, 0.29) is 12.3 Å². The zero-order chi connectivity index (χ0) is 15.7. The van der Waals surface area contributed by atoms with Gasteiger partial charge in [-0.05, 0) is 26.0 Å². The van der Waals surface area contributed by atoms with E-state index < -0.39 is 30.3 Å². The summed E-state index contributed by atoms with van der Waals surface area (Å²) in [5.74, 6) is -1.28. The third kappa shape index (κ3) is 2.83. The summed E-state index contributed by atoms with van der Waals surface area (Å²) in [6, 6.07) is 8.62. The van der Waals surface area contributed by atoms with Crippen LogP contribution in [0.3, 0.4) is 0 Å². The van der Waals surface area contributed by atoms with Gasteiger partial charge in [-0.3, -0.25) is 0 Å². The molecule has 2 saturated heterocycles. The summed E-state index contributed by atoms with van der Waals surface area (Å²) in [5, 5.41) is 12.4. The number of ether oxygens (including phenoxy) is 4. The van der Waals surface area contributed by atoms with Crippen molar-refractivity contribution in [3.63, 3.8) is 0 Å². The maximum absolute atomic E-state index is 11.9. The third-order valence-electron chi connectivity index (χ3n) is 3.47. The molecule has 7 nitrogen and oxygen atoms in total. The number of carbonyl (C=O) groups excluding carboxylic acids is 1. The van der Waals surface area contributed by atoms with Gasteiger partial charge < -0.3 is 24.2 Å². The first kappa shape index (κ1) is 15.0. The van der Waals surface area contributed by atoms with E-state index in [0.29, 0.717) is 5.56 Å². The highest BCUT2D eigenvalue weighted by molar-refractivity contribution is 5.95. The van der Waals surface area contributed by atoms with Crippen LogP contribution in [0.15, 0.2) is 35.5 Å². The minimum absolute atomic E-state index is 0.0761. The number of rotatable bonds is 3. The summed E-state index contributed by atoms with van der Waals surface area (Å²) in [6.07, 6.45) is -1.95. The van der Waals surface area contributed by atoms with Crippen LogP contribution < -0.4 is 0 Å². The normalized spacial score (nSPS) is 31.2. The lowest BCUT2D eigenvalue weighted by atomic mass is 10.1. The van der Waals surface area contributed by atoms with E-state index >= 15 is 0 Å². The van der Waals surface area contributed by atoms with Crippen LogP contribution in [0, 0.1) is 0 Å². The first-order valence-corrected chi connectivity index (χ1v) is 6.95. The lowest BCUT2D eigenvalue weighted by molar-refractivity contribution is -0.199. The molecule has 0 unspecified atom stereocenters. The largest absolute Gasteiger partial charge is 0.459 e. The first-order chi connectivity index (χ1) is 10.5.